The number of hydrogen-bond acceptors (Lipinski definition) is 4. The summed E-state index contributed by atoms with van der Waals surface area (Å²) in [5.41, 5.74) is 0.277. The average Bonchev–Trinajstić information content (AvgIpc) is 2.70. The van der Waals surface area contributed by atoms with Gasteiger partial charge in [0.05, 0.1) is 29.8 Å². The first-order chi connectivity index (χ1) is 8.08. The molecule has 4 nitrogen and oxygen atoms in total. The Morgan fingerprint density at radius 2 is 2.12 bits per heavy atom. The minimum absolute atomic E-state index is 0.350. The minimum Gasteiger partial charge on any atom is -0.465 e. The first kappa shape index (κ1) is 11.6. The lowest BCUT2D eigenvalue weighted by Gasteiger charge is -2.25. The zero-order valence-corrected chi connectivity index (χ0v) is 9.51. The second-order valence-electron chi connectivity index (χ2n) is 4.44. The summed E-state index contributed by atoms with van der Waals surface area (Å²) < 4.78 is 4.90. The SMILES string of the molecule is C[C@]1([C@H](O)c2ccc(C#N)cc2)CCOC1=O. The third-order valence-electron chi connectivity index (χ3n) is 3.28. The molecule has 1 N–H and O–H groups in total. The Morgan fingerprint density at radius 3 is 2.59 bits per heavy atom. The van der Waals surface area contributed by atoms with E-state index in [-0.39, 0.29) is 5.97 Å². The van der Waals surface area contributed by atoms with Gasteiger partial charge in [-0.2, -0.15) is 5.26 Å². The number of carbonyl (C=O) groups is 1. The highest BCUT2D eigenvalue weighted by molar-refractivity contribution is 5.79. The zero-order valence-electron chi connectivity index (χ0n) is 9.51. The van der Waals surface area contributed by atoms with Crippen molar-refractivity contribution in [3.8, 4) is 6.07 Å². The highest BCUT2D eigenvalue weighted by atomic mass is 16.5. The molecule has 1 aromatic rings. The molecule has 0 unspecified atom stereocenters. The predicted octanol–water partition coefficient (Wildman–Crippen LogP) is 1.54. The Labute approximate surface area is 99.4 Å². The van der Waals surface area contributed by atoms with Gasteiger partial charge in [0.15, 0.2) is 0 Å². The normalized spacial score (nSPS) is 25.1. The third-order valence-corrected chi connectivity index (χ3v) is 3.28. The lowest BCUT2D eigenvalue weighted by atomic mass is 9.79. The molecule has 2 atom stereocenters. The van der Waals surface area contributed by atoms with Gasteiger partial charge in [-0.05, 0) is 24.6 Å². The summed E-state index contributed by atoms with van der Waals surface area (Å²) in [6.45, 7) is 2.05. The van der Waals surface area contributed by atoms with Crippen molar-refractivity contribution in [2.45, 2.75) is 19.4 Å². The highest BCUT2D eigenvalue weighted by Crippen LogP contribution is 2.41. The maximum Gasteiger partial charge on any atom is 0.314 e. The second-order valence-corrected chi connectivity index (χ2v) is 4.44. The molecule has 88 valence electrons. The lowest BCUT2D eigenvalue weighted by Crippen LogP contribution is -2.30. The van der Waals surface area contributed by atoms with E-state index < -0.39 is 11.5 Å². The Balaban J connectivity index is 2.27. The van der Waals surface area contributed by atoms with E-state index in [2.05, 4.69) is 0 Å². The van der Waals surface area contributed by atoms with Crippen molar-refractivity contribution in [1.82, 2.24) is 0 Å². The van der Waals surface area contributed by atoms with Gasteiger partial charge < -0.3 is 9.84 Å². The molecule has 1 saturated heterocycles. The maximum absolute atomic E-state index is 11.6. The van der Waals surface area contributed by atoms with Crippen molar-refractivity contribution in [2.24, 2.45) is 5.41 Å². The van der Waals surface area contributed by atoms with Crippen LogP contribution in [0.4, 0.5) is 0 Å². The van der Waals surface area contributed by atoms with Gasteiger partial charge in [0.2, 0.25) is 0 Å². The van der Waals surface area contributed by atoms with Crippen LogP contribution in [0.3, 0.4) is 0 Å². The molecule has 17 heavy (non-hydrogen) atoms. The van der Waals surface area contributed by atoms with Crippen LogP contribution < -0.4 is 0 Å². The summed E-state index contributed by atoms with van der Waals surface area (Å²) in [5.74, 6) is -0.366. The van der Waals surface area contributed by atoms with E-state index >= 15 is 0 Å². The number of benzene rings is 1. The van der Waals surface area contributed by atoms with Gasteiger partial charge in [-0.25, -0.2) is 0 Å². The lowest BCUT2D eigenvalue weighted by molar-refractivity contribution is -0.150. The fourth-order valence-electron chi connectivity index (χ4n) is 1.98. The maximum atomic E-state index is 11.6. The monoisotopic (exact) mass is 231 g/mol. The van der Waals surface area contributed by atoms with Crippen LogP contribution in [0.1, 0.15) is 30.6 Å². The summed E-state index contributed by atoms with van der Waals surface area (Å²) in [4.78, 5) is 11.6. The van der Waals surface area contributed by atoms with Crippen molar-refractivity contribution in [2.75, 3.05) is 6.61 Å². The van der Waals surface area contributed by atoms with E-state index in [1.807, 2.05) is 6.07 Å². The molecular weight excluding hydrogens is 218 g/mol. The summed E-state index contributed by atoms with van der Waals surface area (Å²) in [5, 5.41) is 18.9. The van der Waals surface area contributed by atoms with Crippen molar-refractivity contribution in [1.29, 1.82) is 5.26 Å². The van der Waals surface area contributed by atoms with Crippen LogP contribution in [0.5, 0.6) is 0 Å². The molecule has 0 radical (unpaired) electrons. The molecule has 0 bridgehead atoms. The van der Waals surface area contributed by atoms with Crippen molar-refractivity contribution in [3.05, 3.63) is 35.4 Å². The third kappa shape index (κ3) is 1.90. The molecule has 1 aromatic carbocycles. The summed E-state index contributed by atoms with van der Waals surface area (Å²) in [6, 6.07) is 8.60. The van der Waals surface area contributed by atoms with Crippen LogP contribution in [0.25, 0.3) is 0 Å². The first-order valence-electron chi connectivity index (χ1n) is 5.43. The van der Waals surface area contributed by atoms with E-state index in [4.69, 9.17) is 10.00 Å². The van der Waals surface area contributed by atoms with E-state index in [0.717, 1.165) is 0 Å². The van der Waals surface area contributed by atoms with E-state index in [9.17, 15) is 9.90 Å². The van der Waals surface area contributed by atoms with Crippen LogP contribution in [-0.2, 0) is 9.53 Å². The van der Waals surface area contributed by atoms with Crippen LogP contribution >= 0.6 is 0 Å². The molecule has 0 spiro atoms. The second kappa shape index (κ2) is 4.19. The molecule has 4 heteroatoms. The number of cyclic esters (lactones) is 1. The number of nitrogens with zero attached hydrogens (tertiary/aromatic N) is 1. The highest BCUT2D eigenvalue weighted by Gasteiger charge is 2.46. The van der Waals surface area contributed by atoms with Gasteiger partial charge in [0.1, 0.15) is 0 Å². The van der Waals surface area contributed by atoms with E-state index in [1.165, 1.54) is 0 Å². The van der Waals surface area contributed by atoms with Gasteiger partial charge >= 0.3 is 5.97 Å². The standard InChI is InChI=1S/C13H13NO3/c1-13(6-7-17-12(13)16)11(15)10-4-2-9(8-14)3-5-10/h2-5,11,15H,6-7H2,1H3/t11-,13-/m1/s1. The topological polar surface area (TPSA) is 70.3 Å². The molecule has 0 amide bonds. The summed E-state index contributed by atoms with van der Waals surface area (Å²) in [6.07, 6.45) is -0.391. The number of esters is 1. The Morgan fingerprint density at radius 1 is 1.47 bits per heavy atom. The zero-order chi connectivity index (χ0) is 12.5. The fraction of sp³-hybridized carbons (Fsp3) is 0.385. The molecule has 0 aliphatic carbocycles. The van der Waals surface area contributed by atoms with Gasteiger partial charge in [-0.15, -0.1) is 0 Å². The van der Waals surface area contributed by atoms with Crippen LogP contribution in [-0.4, -0.2) is 17.7 Å². The fourth-order valence-corrected chi connectivity index (χ4v) is 1.98. The largest absolute Gasteiger partial charge is 0.465 e. The first-order valence-corrected chi connectivity index (χ1v) is 5.43. The Kier molecular flexibility index (Phi) is 2.86. The van der Waals surface area contributed by atoms with Crippen LogP contribution in [0.15, 0.2) is 24.3 Å². The molecular formula is C13H13NO3. The molecule has 1 aliphatic heterocycles. The number of aliphatic hydroxyl groups is 1. The van der Waals surface area contributed by atoms with E-state index in [1.54, 1.807) is 31.2 Å². The number of aliphatic hydroxyl groups excluding tert-OH is 1. The summed E-state index contributed by atoms with van der Waals surface area (Å²) >= 11 is 0. The predicted molar refractivity (Wildman–Crippen MR) is 59.8 cm³/mol. The van der Waals surface area contributed by atoms with Crippen LogP contribution in [0, 0.1) is 16.7 Å². The molecule has 1 heterocycles. The van der Waals surface area contributed by atoms with Crippen molar-refractivity contribution in [3.63, 3.8) is 0 Å². The van der Waals surface area contributed by atoms with Crippen molar-refractivity contribution >= 4 is 5.97 Å². The Bertz CT molecular complexity index is 474. The number of ether oxygens (including phenoxy) is 1. The smallest absolute Gasteiger partial charge is 0.314 e. The van der Waals surface area contributed by atoms with Crippen molar-refractivity contribution < 1.29 is 14.6 Å². The van der Waals surface area contributed by atoms with Gasteiger partial charge in [0, 0.05) is 6.42 Å². The van der Waals surface area contributed by atoms with E-state index in [0.29, 0.717) is 24.2 Å². The van der Waals surface area contributed by atoms with Gasteiger partial charge in [0.25, 0.3) is 0 Å². The molecule has 1 fully saturated rings. The molecule has 0 aromatic heterocycles. The van der Waals surface area contributed by atoms with Crippen LogP contribution in [0.2, 0.25) is 0 Å². The number of nitriles is 1. The molecule has 1 aliphatic rings. The number of hydrogen-bond donors (Lipinski definition) is 1. The minimum atomic E-state index is -0.898. The molecule has 0 saturated carbocycles. The average molecular weight is 231 g/mol. The Hall–Kier alpha value is -1.86. The van der Waals surface area contributed by atoms with Gasteiger partial charge in [-0.3, -0.25) is 4.79 Å². The van der Waals surface area contributed by atoms with Gasteiger partial charge in [-0.1, -0.05) is 12.1 Å². The quantitative estimate of drug-likeness (QED) is 0.784. The number of rotatable bonds is 2. The summed E-state index contributed by atoms with van der Waals surface area (Å²) in [7, 11) is 0. The molecule has 2 rings (SSSR count). The number of carbonyl (C=O) groups excluding carboxylic acids is 1.